The van der Waals surface area contributed by atoms with E-state index in [4.69, 9.17) is 9.84 Å². The molecule has 0 saturated carbocycles. The average molecular weight is 369 g/mol. The van der Waals surface area contributed by atoms with Crippen LogP contribution in [-0.2, 0) is 0 Å². The van der Waals surface area contributed by atoms with Crippen LogP contribution in [0.2, 0.25) is 0 Å². The van der Waals surface area contributed by atoms with Crippen molar-refractivity contribution in [3.05, 3.63) is 77.9 Å². The zero-order valence-electron chi connectivity index (χ0n) is 15.8. The van der Waals surface area contributed by atoms with E-state index in [1.807, 2.05) is 0 Å². The normalized spacial score (nSPS) is 22.5. The predicted octanol–water partition coefficient (Wildman–Crippen LogP) is 4.46. The molecule has 4 nitrogen and oxygen atoms in total. The van der Waals surface area contributed by atoms with E-state index in [0.29, 0.717) is 0 Å². The Morgan fingerprint density at radius 2 is 1.71 bits per heavy atom. The van der Waals surface area contributed by atoms with Crippen LogP contribution in [0.15, 0.2) is 71.8 Å². The van der Waals surface area contributed by atoms with Gasteiger partial charge in [-0.15, -0.1) is 0 Å². The molecule has 0 aliphatic carbocycles. The molecule has 0 bridgehead atoms. The lowest BCUT2D eigenvalue weighted by atomic mass is 9.90. The van der Waals surface area contributed by atoms with Crippen molar-refractivity contribution in [1.82, 2.24) is 10.3 Å². The fourth-order valence-corrected chi connectivity index (χ4v) is 5.02. The van der Waals surface area contributed by atoms with Gasteiger partial charge in [-0.05, 0) is 16.8 Å². The highest BCUT2D eigenvalue weighted by molar-refractivity contribution is 6.11. The topological polar surface area (TPSA) is 36.9 Å². The van der Waals surface area contributed by atoms with Crippen LogP contribution >= 0.6 is 0 Å². The average Bonchev–Trinajstić information content (AvgIpc) is 3.21. The Labute approximate surface area is 164 Å². The second-order valence-corrected chi connectivity index (χ2v) is 7.97. The number of para-hydroxylation sites is 1. The zero-order valence-corrected chi connectivity index (χ0v) is 15.8. The van der Waals surface area contributed by atoms with Crippen molar-refractivity contribution in [3.63, 3.8) is 0 Å². The molecule has 6 rings (SSSR count). The van der Waals surface area contributed by atoms with Crippen LogP contribution in [0.5, 0.6) is 5.75 Å². The summed E-state index contributed by atoms with van der Waals surface area (Å²) in [4.78, 5) is 0. The molecule has 3 heterocycles. The Hall–Kier alpha value is -2.85. The van der Waals surface area contributed by atoms with Crippen molar-refractivity contribution < 1.29 is 4.74 Å². The van der Waals surface area contributed by atoms with Gasteiger partial charge in [0, 0.05) is 43.5 Å². The first-order valence-corrected chi connectivity index (χ1v) is 10.2. The predicted molar refractivity (Wildman–Crippen MR) is 112 cm³/mol. The summed E-state index contributed by atoms with van der Waals surface area (Å²) in [6.45, 7) is 1.93. The van der Waals surface area contributed by atoms with Crippen LogP contribution in [0.25, 0.3) is 10.8 Å². The van der Waals surface area contributed by atoms with Gasteiger partial charge in [-0.3, -0.25) is 0 Å². The molecule has 1 saturated heterocycles. The molecular formula is C24H23N3O. The minimum atomic E-state index is -0.337. The molecule has 4 heteroatoms. The van der Waals surface area contributed by atoms with Gasteiger partial charge < -0.3 is 10.1 Å². The van der Waals surface area contributed by atoms with Crippen molar-refractivity contribution in [3.8, 4) is 5.75 Å². The van der Waals surface area contributed by atoms with E-state index in [1.54, 1.807) is 0 Å². The number of nitrogens with zero attached hydrogens (tertiary/aromatic N) is 2. The van der Waals surface area contributed by atoms with Gasteiger partial charge in [0.25, 0.3) is 0 Å². The Morgan fingerprint density at radius 1 is 0.929 bits per heavy atom. The van der Waals surface area contributed by atoms with Gasteiger partial charge in [-0.25, -0.2) is 5.01 Å². The third kappa shape index (κ3) is 2.31. The summed E-state index contributed by atoms with van der Waals surface area (Å²) in [7, 11) is 0. The number of fused-ring (bicyclic) bond motifs is 5. The molecule has 3 aromatic carbocycles. The van der Waals surface area contributed by atoms with Gasteiger partial charge in [0.2, 0.25) is 5.72 Å². The summed E-state index contributed by atoms with van der Waals surface area (Å²) in [5.41, 5.74) is 3.33. The maximum atomic E-state index is 6.62. The SMILES string of the molecule is c1ccc2c(c1)OC1(CCNCC1)N1N=C(c3cccc4ccccc34)C[C@@H]21. The number of benzene rings is 3. The number of hydrogen-bond acceptors (Lipinski definition) is 4. The molecule has 1 spiro atoms. The number of hydrogen-bond donors (Lipinski definition) is 1. The van der Waals surface area contributed by atoms with Crippen LogP contribution in [0.4, 0.5) is 0 Å². The smallest absolute Gasteiger partial charge is 0.200 e. The summed E-state index contributed by atoms with van der Waals surface area (Å²) in [6.07, 6.45) is 2.82. The van der Waals surface area contributed by atoms with Crippen LogP contribution in [-0.4, -0.2) is 29.5 Å². The lowest BCUT2D eigenvalue weighted by Crippen LogP contribution is -2.58. The first-order valence-electron chi connectivity index (χ1n) is 10.2. The molecule has 1 fully saturated rings. The Kier molecular flexibility index (Phi) is 3.50. The number of rotatable bonds is 1. The van der Waals surface area contributed by atoms with E-state index in [-0.39, 0.29) is 11.8 Å². The second-order valence-electron chi connectivity index (χ2n) is 7.97. The standard InChI is InChI=1S/C24H23N3O/c1-2-8-18-17(6-1)7-5-10-19(18)21-16-22-20-9-3-4-11-23(20)28-24(27(22)26-21)12-14-25-15-13-24/h1-11,22,25H,12-16H2/t22-/m0/s1. The highest BCUT2D eigenvalue weighted by atomic mass is 16.5. The minimum Gasteiger partial charge on any atom is -0.466 e. The largest absolute Gasteiger partial charge is 0.466 e. The maximum Gasteiger partial charge on any atom is 0.200 e. The Balaban J connectivity index is 1.50. The molecule has 0 amide bonds. The van der Waals surface area contributed by atoms with Crippen molar-refractivity contribution in [2.75, 3.05) is 13.1 Å². The number of piperidine rings is 1. The maximum absolute atomic E-state index is 6.62. The summed E-state index contributed by atoms with van der Waals surface area (Å²) in [6, 6.07) is 23.9. The van der Waals surface area contributed by atoms with Crippen LogP contribution in [0, 0.1) is 0 Å². The van der Waals surface area contributed by atoms with Gasteiger partial charge in [-0.1, -0.05) is 60.7 Å². The zero-order chi connectivity index (χ0) is 18.6. The highest BCUT2D eigenvalue weighted by Crippen LogP contribution is 2.49. The third-order valence-electron chi connectivity index (χ3n) is 6.39. The second kappa shape index (κ2) is 6.08. The molecule has 3 aromatic rings. The first-order chi connectivity index (χ1) is 13.8. The summed E-state index contributed by atoms with van der Waals surface area (Å²) in [5, 5.41) is 13.5. The summed E-state index contributed by atoms with van der Waals surface area (Å²) >= 11 is 0. The Bertz CT molecular complexity index is 1080. The van der Waals surface area contributed by atoms with E-state index >= 15 is 0 Å². The van der Waals surface area contributed by atoms with E-state index in [1.165, 1.54) is 27.6 Å². The van der Waals surface area contributed by atoms with Gasteiger partial charge in [0.15, 0.2) is 0 Å². The monoisotopic (exact) mass is 369 g/mol. The number of ether oxygens (including phenoxy) is 1. The quantitative estimate of drug-likeness (QED) is 0.688. The molecular weight excluding hydrogens is 346 g/mol. The van der Waals surface area contributed by atoms with E-state index in [9.17, 15) is 0 Å². The highest BCUT2D eigenvalue weighted by Gasteiger charge is 2.50. The van der Waals surface area contributed by atoms with E-state index in [2.05, 4.69) is 77.1 Å². The molecule has 0 aromatic heterocycles. The molecule has 1 atom stereocenters. The van der Waals surface area contributed by atoms with Gasteiger partial charge in [-0.2, -0.15) is 5.10 Å². The van der Waals surface area contributed by atoms with Crippen LogP contribution < -0.4 is 10.1 Å². The number of hydrazone groups is 1. The molecule has 1 N–H and O–H groups in total. The summed E-state index contributed by atoms with van der Waals surface area (Å²) in [5.74, 6) is 1.03. The lowest BCUT2D eigenvalue weighted by Gasteiger charge is -2.49. The Morgan fingerprint density at radius 3 is 2.64 bits per heavy atom. The minimum absolute atomic E-state index is 0.247. The van der Waals surface area contributed by atoms with E-state index < -0.39 is 0 Å². The van der Waals surface area contributed by atoms with Crippen molar-refractivity contribution in [2.24, 2.45) is 5.10 Å². The lowest BCUT2D eigenvalue weighted by molar-refractivity contribution is -0.136. The molecule has 0 unspecified atom stereocenters. The molecule has 28 heavy (non-hydrogen) atoms. The number of nitrogens with one attached hydrogen (secondary N) is 1. The van der Waals surface area contributed by atoms with Crippen molar-refractivity contribution in [1.29, 1.82) is 0 Å². The van der Waals surface area contributed by atoms with Crippen molar-refractivity contribution >= 4 is 16.5 Å². The molecule has 3 aliphatic rings. The molecule has 3 aliphatic heterocycles. The summed E-state index contributed by atoms with van der Waals surface area (Å²) < 4.78 is 6.62. The third-order valence-corrected chi connectivity index (χ3v) is 6.39. The van der Waals surface area contributed by atoms with Gasteiger partial charge >= 0.3 is 0 Å². The van der Waals surface area contributed by atoms with Crippen molar-refractivity contribution in [2.45, 2.75) is 31.0 Å². The van der Waals surface area contributed by atoms with Gasteiger partial charge in [0.1, 0.15) is 5.75 Å². The fraction of sp³-hybridized carbons (Fsp3) is 0.292. The van der Waals surface area contributed by atoms with Gasteiger partial charge in [0.05, 0.1) is 11.8 Å². The fourth-order valence-electron chi connectivity index (χ4n) is 5.02. The van der Waals surface area contributed by atoms with Crippen LogP contribution in [0.3, 0.4) is 0 Å². The van der Waals surface area contributed by atoms with Crippen LogP contribution in [0.1, 0.15) is 36.4 Å². The first kappa shape index (κ1) is 16.1. The van der Waals surface area contributed by atoms with E-state index in [0.717, 1.165) is 38.1 Å². The molecule has 0 radical (unpaired) electrons. The molecule has 140 valence electrons.